The number of carbonyl (C=O) groups is 2. The molecule has 0 saturated carbocycles. The maximum absolute atomic E-state index is 12.9. The van der Waals surface area contributed by atoms with E-state index in [1.807, 2.05) is 4.90 Å². The Kier molecular flexibility index (Phi) is 7.18. The summed E-state index contributed by atoms with van der Waals surface area (Å²) in [5.41, 5.74) is 1.89. The van der Waals surface area contributed by atoms with E-state index in [-0.39, 0.29) is 23.8 Å². The molecule has 6 nitrogen and oxygen atoms in total. The zero-order valence-electron chi connectivity index (χ0n) is 17.7. The van der Waals surface area contributed by atoms with Crippen LogP contribution in [-0.4, -0.2) is 50.1 Å². The molecule has 1 aliphatic heterocycles. The highest BCUT2D eigenvalue weighted by Gasteiger charge is 2.29. The van der Waals surface area contributed by atoms with Gasteiger partial charge in [0.25, 0.3) is 5.91 Å². The third kappa shape index (κ3) is 5.31. The minimum absolute atomic E-state index is 0.0365. The fraction of sp³-hybridized carbons (Fsp3) is 0.565. The van der Waals surface area contributed by atoms with Crippen LogP contribution in [0.15, 0.2) is 29.8 Å². The van der Waals surface area contributed by atoms with E-state index in [9.17, 15) is 9.59 Å². The number of methoxy groups -OCH3 is 2. The first-order chi connectivity index (χ1) is 14.0. The topological polar surface area (TPSA) is 67.9 Å². The van der Waals surface area contributed by atoms with Gasteiger partial charge in [-0.2, -0.15) is 0 Å². The van der Waals surface area contributed by atoms with E-state index in [2.05, 4.69) is 18.3 Å². The van der Waals surface area contributed by atoms with Crippen molar-refractivity contribution >= 4 is 11.8 Å². The van der Waals surface area contributed by atoms with Crippen LogP contribution in [0.2, 0.25) is 0 Å². The van der Waals surface area contributed by atoms with E-state index < -0.39 is 0 Å². The quantitative estimate of drug-likeness (QED) is 0.742. The third-order valence-corrected chi connectivity index (χ3v) is 5.99. The van der Waals surface area contributed by atoms with Crippen LogP contribution in [0.25, 0.3) is 0 Å². The molecule has 2 amide bonds. The van der Waals surface area contributed by atoms with Crippen molar-refractivity contribution in [3.8, 4) is 11.5 Å². The molecule has 1 aliphatic carbocycles. The van der Waals surface area contributed by atoms with Crippen molar-refractivity contribution in [2.45, 2.75) is 51.5 Å². The number of ether oxygens (including phenoxy) is 2. The smallest absolute Gasteiger partial charge is 0.254 e. The van der Waals surface area contributed by atoms with E-state index in [1.54, 1.807) is 32.4 Å². The largest absolute Gasteiger partial charge is 0.497 e. The van der Waals surface area contributed by atoms with Gasteiger partial charge in [-0.1, -0.05) is 11.6 Å². The second-order valence-electron chi connectivity index (χ2n) is 7.92. The molecule has 0 spiro atoms. The average Bonchev–Trinajstić information content (AvgIpc) is 2.78. The minimum Gasteiger partial charge on any atom is -0.497 e. The Morgan fingerprint density at radius 3 is 2.28 bits per heavy atom. The lowest BCUT2D eigenvalue weighted by Gasteiger charge is -2.32. The molecule has 3 rings (SSSR count). The van der Waals surface area contributed by atoms with E-state index in [0.717, 1.165) is 12.8 Å². The number of carbonyl (C=O) groups excluding carboxylic acids is 2. The molecule has 1 heterocycles. The number of piperidine rings is 1. The highest BCUT2D eigenvalue weighted by molar-refractivity contribution is 5.95. The number of benzene rings is 1. The number of hydrogen-bond donors (Lipinski definition) is 1. The fourth-order valence-corrected chi connectivity index (χ4v) is 4.14. The number of hydrogen-bond acceptors (Lipinski definition) is 4. The second kappa shape index (κ2) is 9.81. The molecule has 0 radical (unpaired) electrons. The first kappa shape index (κ1) is 21.2. The predicted molar refractivity (Wildman–Crippen MR) is 112 cm³/mol. The van der Waals surface area contributed by atoms with Crippen molar-refractivity contribution in [1.82, 2.24) is 10.2 Å². The maximum atomic E-state index is 12.9. The standard InChI is InChI=1S/C23H32N2O4/c1-16(17-7-5-4-6-8-17)24-22(26)18-9-11-25(12-10-18)23(27)19-13-20(28-2)15-21(14-19)29-3/h7,13-16,18H,4-6,8-12H2,1-3H3,(H,24,26). The van der Waals surface area contributed by atoms with Gasteiger partial charge in [-0.05, 0) is 57.6 Å². The molecule has 2 aliphatic rings. The zero-order valence-corrected chi connectivity index (χ0v) is 17.7. The molecule has 1 saturated heterocycles. The third-order valence-electron chi connectivity index (χ3n) is 5.99. The summed E-state index contributed by atoms with van der Waals surface area (Å²) in [5.74, 6) is 1.20. The minimum atomic E-state index is -0.0539. The molecular weight excluding hydrogens is 368 g/mol. The molecule has 0 bridgehead atoms. The molecule has 1 atom stereocenters. The fourth-order valence-electron chi connectivity index (χ4n) is 4.14. The van der Waals surface area contributed by atoms with Gasteiger partial charge in [-0.25, -0.2) is 0 Å². The molecule has 1 N–H and O–H groups in total. The van der Waals surface area contributed by atoms with E-state index in [1.165, 1.54) is 18.4 Å². The highest BCUT2D eigenvalue weighted by atomic mass is 16.5. The van der Waals surface area contributed by atoms with Crippen molar-refractivity contribution in [1.29, 1.82) is 0 Å². The Morgan fingerprint density at radius 2 is 1.72 bits per heavy atom. The van der Waals surface area contributed by atoms with Gasteiger partial charge in [0, 0.05) is 36.7 Å². The van der Waals surface area contributed by atoms with Gasteiger partial charge in [0.2, 0.25) is 5.91 Å². The molecule has 1 aromatic rings. The first-order valence-corrected chi connectivity index (χ1v) is 10.5. The van der Waals surface area contributed by atoms with Crippen LogP contribution in [0.4, 0.5) is 0 Å². The monoisotopic (exact) mass is 400 g/mol. The van der Waals surface area contributed by atoms with Crippen LogP contribution in [0.3, 0.4) is 0 Å². The Hall–Kier alpha value is -2.50. The molecule has 158 valence electrons. The summed E-state index contributed by atoms with van der Waals surface area (Å²) in [6.45, 7) is 3.23. The molecular formula is C23H32N2O4. The summed E-state index contributed by atoms with van der Waals surface area (Å²) < 4.78 is 10.5. The van der Waals surface area contributed by atoms with Crippen molar-refractivity contribution in [2.75, 3.05) is 27.3 Å². The number of nitrogens with one attached hydrogen (secondary N) is 1. The molecule has 1 fully saturated rings. The van der Waals surface area contributed by atoms with Crippen molar-refractivity contribution in [3.63, 3.8) is 0 Å². The molecule has 29 heavy (non-hydrogen) atoms. The summed E-state index contributed by atoms with van der Waals surface area (Å²) in [6.07, 6.45) is 8.30. The van der Waals surface area contributed by atoms with Crippen molar-refractivity contribution < 1.29 is 19.1 Å². The number of rotatable bonds is 6. The lowest BCUT2D eigenvalue weighted by molar-refractivity contribution is -0.126. The number of allylic oxidation sites excluding steroid dienone is 1. The summed E-state index contributed by atoms with van der Waals surface area (Å²) in [5, 5.41) is 3.18. The molecule has 6 heteroatoms. The summed E-state index contributed by atoms with van der Waals surface area (Å²) in [4.78, 5) is 27.4. The Bertz CT molecular complexity index is 744. The van der Waals surface area contributed by atoms with E-state index in [4.69, 9.17) is 9.47 Å². The van der Waals surface area contributed by atoms with E-state index in [0.29, 0.717) is 43.0 Å². The van der Waals surface area contributed by atoms with Gasteiger partial charge in [0.05, 0.1) is 14.2 Å². The van der Waals surface area contributed by atoms with Crippen molar-refractivity contribution in [2.24, 2.45) is 5.92 Å². The van der Waals surface area contributed by atoms with Crippen molar-refractivity contribution in [3.05, 3.63) is 35.4 Å². The van der Waals surface area contributed by atoms with Crippen LogP contribution < -0.4 is 14.8 Å². The second-order valence-corrected chi connectivity index (χ2v) is 7.92. The number of nitrogens with zero attached hydrogens (tertiary/aromatic N) is 1. The Labute approximate surface area is 173 Å². The lowest BCUT2D eigenvalue weighted by atomic mass is 9.92. The Balaban J connectivity index is 1.55. The van der Waals surface area contributed by atoms with Crippen LogP contribution in [0, 0.1) is 5.92 Å². The average molecular weight is 401 g/mol. The predicted octanol–water partition coefficient (Wildman–Crippen LogP) is 3.56. The molecule has 1 aromatic carbocycles. The van der Waals surface area contributed by atoms with Gasteiger partial charge in [0.15, 0.2) is 0 Å². The molecule has 1 unspecified atom stereocenters. The van der Waals surface area contributed by atoms with Crippen LogP contribution >= 0.6 is 0 Å². The summed E-state index contributed by atoms with van der Waals surface area (Å²) in [7, 11) is 3.13. The van der Waals surface area contributed by atoms with Crippen LogP contribution in [0.5, 0.6) is 11.5 Å². The number of likely N-dealkylation sites (tertiary alicyclic amines) is 1. The van der Waals surface area contributed by atoms with Crippen LogP contribution in [-0.2, 0) is 4.79 Å². The zero-order chi connectivity index (χ0) is 20.8. The molecule has 0 aromatic heterocycles. The highest BCUT2D eigenvalue weighted by Crippen LogP contribution is 2.26. The Morgan fingerprint density at radius 1 is 1.07 bits per heavy atom. The maximum Gasteiger partial charge on any atom is 0.254 e. The van der Waals surface area contributed by atoms with Gasteiger partial charge in [0.1, 0.15) is 11.5 Å². The normalized spacial score (nSPS) is 18.6. The van der Waals surface area contributed by atoms with Gasteiger partial charge in [-0.3, -0.25) is 9.59 Å². The SMILES string of the molecule is COc1cc(OC)cc(C(=O)N2CCC(C(=O)NC(C)C3=CCCCC3)CC2)c1. The van der Waals surface area contributed by atoms with Gasteiger partial charge < -0.3 is 19.7 Å². The number of amides is 2. The van der Waals surface area contributed by atoms with Gasteiger partial charge >= 0.3 is 0 Å². The van der Waals surface area contributed by atoms with Gasteiger partial charge in [-0.15, -0.1) is 0 Å². The first-order valence-electron chi connectivity index (χ1n) is 10.5. The summed E-state index contributed by atoms with van der Waals surface area (Å²) >= 11 is 0. The lowest BCUT2D eigenvalue weighted by Crippen LogP contribution is -2.45. The van der Waals surface area contributed by atoms with E-state index >= 15 is 0 Å². The summed E-state index contributed by atoms with van der Waals surface area (Å²) in [6, 6.07) is 5.30. The van der Waals surface area contributed by atoms with Crippen LogP contribution in [0.1, 0.15) is 55.8 Å².